The number of nitrogens with zero attached hydrogens (tertiary/aromatic N) is 1. The smallest absolute Gasteiger partial charge is 0.241 e. The lowest BCUT2D eigenvalue weighted by Crippen LogP contribution is -2.43. The van der Waals surface area contributed by atoms with Crippen LogP contribution in [0.5, 0.6) is 0 Å². The largest absolute Gasteiger partial charge is 0.325 e. The third-order valence-corrected chi connectivity index (χ3v) is 4.38. The Hall–Kier alpha value is -2.25. The Balaban J connectivity index is 1.89. The van der Waals surface area contributed by atoms with Gasteiger partial charge in [0.2, 0.25) is 11.8 Å². The van der Waals surface area contributed by atoms with E-state index in [9.17, 15) is 14.0 Å². The number of benzene rings is 2. The number of nitrogens with one attached hydrogen (secondary N) is 2. The molecule has 0 heterocycles. The monoisotopic (exact) mass is 407 g/mol. The fraction of sp³-hybridized carbons (Fsp3) is 0.222. The van der Waals surface area contributed by atoms with E-state index in [-0.39, 0.29) is 24.2 Å². The summed E-state index contributed by atoms with van der Waals surface area (Å²) in [5, 5.41) is 5.49. The number of halogens is 2. The molecule has 2 rings (SSSR count). The van der Waals surface area contributed by atoms with Crippen molar-refractivity contribution < 1.29 is 14.0 Å². The zero-order chi connectivity index (χ0) is 18.4. The molecule has 0 fully saturated rings. The van der Waals surface area contributed by atoms with E-state index in [1.165, 1.54) is 24.3 Å². The highest BCUT2D eigenvalue weighted by Crippen LogP contribution is 2.21. The summed E-state index contributed by atoms with van der Waals surface area (Å²) in [6.45, 7) is 1.75. The normalized spacial score (nSPS) is 11.9. The molecule has 2 N–H and O–H groups in total. The Labute approximate surface area is 154 Å². The van der Waals surface area contributed by atoms with Crippen molar-refractivity contribution in [2.75, 3.05) is 24.2 Å². The lowest BCUT2D eigenvalue weighted by Gasteiger charge is -2.23. The quantitative estimate of drug-likeness (QED) is 0.770. The topological polar surface area (TPSA) is 61.4 Å². The van der Waals surface area contributed by atoms with E-state index in [4.69, 9.17) is 0 Å². The first-order valence-electron chi connectivity index (χ1n) is 7.68. The first kappa shape index (κ1) is 19.1. The molecule has 0 unspecified atom stereocenters. The van der Waals surface area contributed by atoms with E-state index in [0.717, 1.165) is 4.47 Å². The van der Waals surface area contributed by atoms with Gasteiger partial charge in [-0.1, -0.05) is 12.1 Å². The van der Waals surface area contributed by atoms with Crippen LogP contribution in [0.2, 0.25) is 0 Å². The molecule has 0 radical (unpaired) electrons. The third-order valence-electron chi connectivity index (χ3n) is 3.69. The zero-order valence-corrected chi connectivity index (χ0v) is 15.5. The van der Waals surface area contributed by atoms with Gasteiger partial charge in [-0.2, -0.15) is 0 Å². The van der Waals surface area contributed by atoms with Crippen LogP contribution in [-0.4, -0.2) is 36.3 Å². The average molecular weight is 408 g/mol. The van der Waals surface area contributed by atoms with Crippen LogP contribution in [0.3, 0.4) is 0 Å². The van der Waals surface area contributed by atoms with E-state index in [2.05, 4.69) is 26.6 Å². The predicted octanol–water partition coefficient (Wildman–Crippen LogP) is 3.49. The van der Waals surface area contributed by atoms with E-state index in [1.54, 1.807) is 24.9 Å². The van der Waals surface area contributed by atoms with Crippen molar-refractivity contribution in [3.8, 4) is 0 Å². The summed E-state index contributed by atoms with van der Waals surface area (Å²) in [6.07, 6.45) is 0. The van der Waals surface area contributed by atoms with Crippen LogP contribution in [0.4, 0.5) is 15.8 Å². The maximum atomic E-state index is 12.9. The Morgan fingerprint density at radius 3 is 2.40 bits per heavy atom. The van der Waals surface area contributed by atoms with Crippen LogP contribution in [0.15, 0.2) is 53.0 Å². The van der Waals surface area contributed by atoms with Crippen LogP contribution >= 0.6 is 15.9 Å². The van der Waals surface area contributed by atoms with Crippen molar-refractivity contribution in [1.82, 2.24) is 4.90 Å². The van der Waals surface area contributed by atoms with Gasteiger partial charge in [-0.25, -0.2) is 4.39 Å². The molecule has 0 spiro atoms. The van der Waals surface area contributed by atoms with E-state index >= 15 is 0 Å². The number of rotatable bonds is 6. The molecule has 0 aliphatic heterocycles. The predicted molar refractivity (Wildman–Crippen MR) is 99.9 cm³/mol. The molecule has 2 aromatic carbocycles. The summed E-state index contributed by atoms with van der Waals surface area (Å²) in [7, 11) is 1.69. The summed E-state index contributed by atoms with van der Waals surface area (Å²) in [4.78, 5) is 26.0. The lowest BCUT2D eigenvalue weighted by molar-refractivity contribution is -0.122. The first-order valence-corrected chi connectivity index (χ1v) is 8.47. The third kappa shape index (κ3) is 5.65. The second-order valence-corrected chi connectivity index (χ2v) is 6.47. The summed E-state index contributed by atoms with van der Waals surface area (Å²) in [5.41, 5.74) is 1.17. The maximum absolute atomic E-state index is 12.9. The standard InChI is InChI=1S/C18H19BrFN3O2/c1-12(18(25)21-14-9-7-13(20)8-10-14)23(2)11-17(24)22-16-6-4-3-5-15(16)19/h3-10,12H,11H2,1-2H3,(H,21,25)(H,22,24)/t12-/m0/s1. The number of hydrogen-bond acceptors (Lipinski definition) is 3. The number of carbonyl (C=O) groups excluding carboxylic acids is 2. The van der Waals surface area contributed by atoms with Gasteiger partial charge in [0.05, 0.1) is 18.3 Å². The first-order chi connectivity index (χ1) is 11.9. The molecular formula is C18H19BrFN3O2. The van der Waals surface area contributed by atoms with Crippen LogP contribution in [0.25, 0.3) is 0 Å². The van der Waals surface area contributed by atoms with Gasteiger partial charge in [0, 0.05) is 10.2 Å². The SMILES string of the molecule is C[C@@H](C(=O)Nc1ccc(F)cc1)N(C)CC(=O)Nc1ccccc1Br. The molecule has 132 valence electrons. The van der Waals surface area contributed by atoms with Crippen molar-refractivity contribution in [2.45, 2.75) is 13.0 Å². The number of hydrogen-bond donors (Lipinski definition) is 2. The van der Waals surface area contributed by atoms with Gasteiger partial charge in [0.15, 0.2) is 0 Å². The Morgan fingerprint density at radius 2 is 1.76 bits per heavy atom. The number of amides is 2. The zero-order valence-electron chi connectivity index (χ0n) is 13.9. The second kappa shape index (κ2) is 8.73. The van der Waals surface area contributed by atoms with Gasteiger partial charge in [-0.15, -0.1) is 0 Å². The lowest BCUT2D eigenvalue weighted by atomic mass is 10.2. The van der Waals surface area contributed by atoms with E-state index in [0.29, 0.717) is 11.4 Å². The molecule has 0 aliphatic carbocycles. The molecule has 25 heavy (non-hydrogen) atoms. The highest BCUT2D eigenvalue weighted by Gasteiger charge is 2.20. The Bertz CT molecular complexity index is 752. The number of carbonyl (C=O) groups is 2. The molecule has 7 heteroatoms. The van der Waals surface area contributed by atoms with Crippen molar-refractivity contribution >= 4 is 39.1 Å². The molecule has 2 aromatic rings. The fourth-order valence-corrected chi connectivity index (χ4v) is 2.48. The second-order valence-electron chi connectivity index (χ2n) is 5.62. The van der Waals surface area contributed by atoms with Gasteiger partial charge in [0.1, 0.15) is 5.82 Å². The summed E-state index contributed by atoms with van der Waals surface area (Å²) >= 11 is 3.37. The van der Waals surface area contributed by atoms with Crippen molar-refractivity contribution in [1.29, 1.82) is 0 Å². The van der Waals surface area contributed by atoms with Crippen LogP contribution in [0, 0.1) is 5.82 Å². The number of likely N-dealkylation sites (N-methyl/N-ethyl adjacent to an activating group) is 1. The minimum Gasteiger partial charge on any atom is -0.325 e. The van der Waals surface area contributed by atoms with Gasteiger partial charge in [-0.3, -0.25) is 14.5 Å². The number of anilines is 2. The Morgan fingerprint density at radius 1 is 1.12 bits per heavy atom. The molecule has 0 aliphatic rings. The minimum atomic E-state index is -0.532. The molecule has 1 atom stereocenters. The van der Waals surface area contributed by atoms with E-state index < -0.39 is 6.04 Å². The highest BCUT2D eigenvalue weighted by molar-refractivity contribution is 9.10. The van der Waals surface area contributed by atoms with Gasteiger partial charge in [0.25, 0.3) is 0 Å². The summed E-state index contributed by atoms with van der Waals surface area (Å²) in [5.74, 6) is -0.870. The number of para-hydroxylation sites is 1. The van der Waals surface area contributed by atoms with Gasteiger partial charge in [-0.05, 0) is 66.3 Å². The van der Waals surface area contributed by atoms with E-state index in [1.807, 2.05) is 18.2 Å². The molecular weight excluding hydrogens is 389 g/mol. The minimum absolute atomic E-state index is 0.0549. The average Bonchev–Trinajstić information content (AvgIpc) is 2.58. The Kier molecular flexibility index (Phi) is 6.66. The van der Waals surface area contributed by atoms with Crippen molar-refractivity contribution in [3.63, 3.8) is 0 Å². The maximum Gasteiger partial charge on any atom is 0.241 e. The molecule has 0 saturated carbocycles. The van der Waals surface area contributed by atoms with Crippen molar-refractivity contribution in [2.24, 2.45) is 0 Å². The molecule has 0 aromatic heterocycles. The van der Waals surface area contributed by atoms with Crippen molar-refractivity contribution in [3.05, 3.63) is 58.8 Å². The highest BCUT2D eigenvalue weighted by atomic mass is 79.9. The van der Waals surface area contributed by atoms with Gasteiger partial charge < -0.3 is 10.6 Å². The molecule has 2 amide bonds. The van der Waals surface area contributed by atoms with Crippen LogP contribution in [0.1, 0.15) is 6.92 Å². The van der Waals surface area contributed by atoms with Gasteiger partial charge >= 0.3 is 0 Å². The summed E-state index contributed by atoms with van der Waals surface area (Å²) in [6, 6.07) is 12.3. The fourth-order valence-electron chi connectivity index (χ4n) is 2.10. The van der Waals surface area contributed by atoms with Crippen LogP contribution in [-0.2, 0) is 9.59 Å². The summed E-state index contributed by atoms with van der Waals surface area (Å²) < 4.78 is 13.7. The molecule has 0 saturated heterocycles. The molecule has 5 nitrogen and oxygen atoms in total. The van der Waals surface area contributed by atoms with Crippen LogP contribution < -0.4 is 10.6 Å². The molecule has 0 bridgehead atoms.